The van der Waals surface area contributed by atoms with Crippen LogP contribution in [0.15, 0.2) is 91.0 Å². The van der Waals surface area contributed by atoms with E-state index in [0.29, 0.717) is 0 Å². The van der Waals surface area contributed by atoms with Gasteiger partial charge in [-0.05, 0) is 0 Å². The Labute approximate surface area is 157 Å². The van der Waals surface area contributed by atoms with E-state index in [1.165, 1.54) is 0 Å². The minimum absolute atomic E-state index is 1.88. The molecule has 3 aromatic carbocycles. The van der Waals surface area contributed by atoms with E-state index in [-0.39, 0.29) is 0 Å². The van der Waals surface area contributed by atoms with Gasteiger partial charge >= 0.3 is 49.6 Å². The zero-order valence-corrected chi connectivity index (χ0v) is 16.8. The molecule has 0 nitrogen and oxygen atoms in total. The molecule has 0 atom stereocenters. The Balaban J connectivity index is 0.000000282. The summed E-state index contributed by atoms with van der Waals surface area (Å²) in [5.41, 5.74) is 0. The van der Waals surface area contributed by atoms with Gasteiger partial charge in [0.2, 0.25) is 0 Å². The SMILES string of the molecule is [Cl][Ti]([Cl])([Cl])[Cl].[c-]1ccccc1.[c-]1ccccc1.[c-]1ccccc1. The molecule has 5 heteroatoms. The third-order valence-electron chi connectivity index (χ3n) is 1.82. The predicted molar refractivity (Wildman–Crippen MR) is 99.2 cm³/mol. The van der Waals surface area contributed by atoms with Crippen LogP contribution in [0, 0.1) is 18.2 Å². The largest absolute Gasteiger partial charge is 0.184 e. The second kappa shape index (κ2) is 16.4. The van der Waals surface area contributed by atoms with Gasteiger partial charge in [-0.15, -0.1) is 0 Å². The predicted octanol–water partition coefficient (Wildman–Crippen LogP) is 7.22. The van der Waals surface area contributed by atoms with Crippen molar-refractivity contribution in [1.29, 1.82) is 0 Å². The molecule has 0 saturated heterocycles. The van der Waals surface area contributed by atoms with E-state index in [1.807, 2.05) is 91.0 Å². The summed E-state index contributed by atoms with van der Waals surface area (Å²) in [5, 5.41) is 0. The maximum atomic E-state index is 5.01. The van der Waals surface area contributed by atoms with Crippen molar-refractivity contribution in [2.24, 2.45) is 0 Å². The van der Waals surface area contributed by atoms with E-state index >= 15 is 0 Å². The molecule has 0 aliphatic heterocycles. The van der Waals surface area contributed by atoms with E-state index in [4.69, 9.17) is 37.2 Å². The first-order chi connectivity index (χ1) is 11.0. The Hall–Kier alpha value is -0.466. The summed E-state index contributed by atoms with van der Waals surface area (Å²) in [5.74, 6) is 0. The fourth-order valence-corrected chi connectivity index (χ4v) is 1.03. The molecule has 0 bridgehead atoms. The number of benzene rings is 3. The summed E-state index contributed by atoms with van der Waals surface area (Å²) in [6.45, 7) is 0. The summed E-state index contributed by atoms with van der Waals surface area (Å²) < 4.78 is 0. The van der Waals surface area contributed by atoms with Gasteiger partial charge in [0.05, 0.1) is 0 Å². The average molecular weight is 421 g/mol. The van der Waals surface area contributed by atoms with Gasteiger partial charge in [-0.2, -0.15) is 109 Å². The Kier molecular flexibility index (Phi) is 16.1. The zero-order chi connectivity index (χ0) is 17.2. The van der Waals surface area contributed by atoms with Crippen molar-refractivity contribution in [3.8, 4) is 0 Å². The van der Waals surface area contributed by atoms with Crippen LogP contribution in [0.3, 0.4) is 0 Å². The minimum Gasteiger partial charge on any atom is -0.184 e. The summed E-state index contributed by atoms with van der Waals surface area (Å²) in [4.78, 5) is 0. The van der Waals surface area contributed by atoms with Crippen LogP contribution in [0.4, 0.5) is 0 Å². The molecule has 0 N–H and O–H groups in total. The molecule has 0 amide bonds. The van der Waals surface area contributed by atoms with Gasteiger partial charge < -0.3 is 0 Å². The normalized spacial score (nSPS) is 8.87. The van der Waals surface area contributed by atoms with Crippen LogP contribution < -0.4 is 0 Å². The minimum atomic E-state index is -3.11. The van der Waals surface area contributed by atoms with E-state index in [0.717, 1.165) is 0 Å². The Bertz CT molecular complexity index is 381. The topological polar surface area (TPSA) is 0 Å². The summed E-state index contributed by atoms with van der Waals surface area (Å²) >= 11 is -3.11. The number of rotatable bonds is 0. The van der Waals surface area contributed by atoms with Crippen molar-refractivity contribution in [3.05, 3.63) is 109 Å². The van der Waals surface area contributed by atoms with E-state index in [1.54, 1.807) is 0 Å². The van der Waals surface area contributed by atoms with Crippen LogP contribution in [0.5, 0.6) is 0 Å². The summed E-state index contributed by atoms with van der Waals surface area (Å²) in [6, 6.07) is 37.5. The van der Waals surface area contributed by atoms with Gasteiger partial charge in [0.25, 0.3) is 0 Å². The molecule has 3 aromatic rings. The Morgan fingerprint density at radius 3 is 0.609 bits per heavy atom. The van der Waals surface area contributed by atoms with Gasteiger partial charge in [-0.3, -0.25) is 0 Å². The summed E-state index contributed by atoms with van der Waals surface area (Å²) in [7, 11) is 20.1. The van der Waals surface area contributed by atoms with Crippen LogP contribution in [-0.4, -0.2) is 0 Å². The van der Waals surface area contributed by atoms with Crippen molar-refractivity contribution in [2.75, 3.05) is 0 Å². The number of hydrogen-bond donors (Lipinski definition) is 0. The van der Waals surface area contributed by atoms with Crippen LogP contribution in [0.25, 0.3) is 0 Å². The first-order valence-electron chi connectivity index (χ1n) is 6.49. The van der Waals surface area contributed by atoms with Gasteiger partial charge in [0.15, 0.2) is 0 Å². The summed E-state index contributed by atoms with van der Waals surface area (Å²) in [6.07, 6.45) is 0. The van der Waals surface area contributed by atoms with Crippen molar-refractivity contribution in [3.63, 3.8) is 0 Å². The van der Waals surface area contributed by atoms with Gasteiger partial charge in [-0.25, -0.2) is 0 Å². The first kappa shape index (κ1) is 22.5. The van der Waals surface area contributed by atoms with Crippen molar-refractivity contribution >= 4 is 37.2 Å². The zero-order valence-electron chi connectivity index (χ0n) is 12.2. The quantitative estimate of drug-likeness (QED) is 0.266. The molecule has 0 spiro atoms. The molecule has 0 heterocycles. The van der Waals surface area contributed by atoms with Crippen molar-refractivity contribution in [2.45, 2.75) is 0 Å². The molecule has 0 fully saturated rings. The van der Waals surface area contributed by atoms with Gasteiger partial charge in [0.1, 0.15) is 0 Å². The van der Waals surface area contributed by atoms with Crippen LogP contribution >= 0.6 is 37.2 Å². The van der Waals surface area contributed by atoms with E-state index in [9.17, 15) is 0 Å². The van der Waals surface area contributed by atoms with Crippen LogP contribution in [0.2, 0.25) is 0 Å². The maximum Gasteiger partial charge on any atom is -0.171 e. The van der Waals surface area contributed by atoms with E-state index < -0.39 is 12.3 Å². The molecule has 122 valence electrons. The molecule has 0 aliphatic carbocycles. The van der Waals surface area contributed by atoms with Gasteiger partial charge in [0, 0.05) is 0 Å². The molecular weight excluding hydrogens is 406 g/mol. The molecular formula is C18H15Cl4Ti-3. The fourth-order valence-electron chi connectivity index (χ4n) is 1.03. The smallest absolute Gasteiger partial charge is 0.171 e. The molecule has 0 radical (unpaired) electrons. The number of halogens is 4. The second-order valence-corrected chi connectivity index (χ2v) is 19.1. The Morgan fingerprint density at radius 1 is 0.391 bits per heavy atom. The molecule has 3 rings (SSSR count). The second-order valence-electron chi connectivity index (χ2n) is 3.66. The van der Waals surface area contributed by atoms with E-state index in [2.05, 4.69) is 18.2 Å². The fraction of sp³-hybridized carbons (Fsp3) is 0. The molecule has 23 heavy (non-hydrogen) atoms. The standard InChI is InChI=1S/3C6H5.4ClH.Ti/c3*1-2-4-6-5-3-1;;;;;/h3*1-5H;4*1H;/q3*-1;;;;;+4/p-4. The first-order valence-corrected chi connectivity index (χ1v) is 15.1. The molecule has 0 unspecified atom stereocenters. The van der Waals surface area contributed by atoms with Crippen molar-refractivity contribution < 1.29 is 12.3 Å². The van der Waals surface area contributed by atoms with Crippen molar-refractivity contribution in [1.82, 2.24) is 0 Å². The van der Waals surface area contributed by atoms with Crippen LogP contribution in [0.1, 0.15) is 0 Å². The monoisotopic (exact) mass is 419 g/mol. The third kappa shape index (κ3) is 26.7. The Morgan fingerprint density at radius 2 is 0.565 bits per heavy atom. The number of hydrogen-bond acceptors (Lipinski definition) is 0. The maximum absolute atomic E-state index is 5.01. The third-order valence-corrected chi connectivity index (χ3v) is 1.82. The van der Waals surface area contributed by atoms with Crippen LogP contribution in [-0.2, 0) is 12.3 Å². The van der Waals surface area contributed by atoms with Gasteiger partial charge in [-0.1, -0.05) is 0 Å². The molecule has 0 saturated carbocycles. The molecule has 0 aliphatic rings. The molecule has 0 aromatic heterocycles. The average Bonchev–Trinajstić information content (AvgIpc) is 2.59.